The van der Waals surface area contributed by atoms with Crippen molar-refractivity contribution in [2.24, 2.45) is 5.73 Å². The van der Waals surface area contributed by atoms with Crippen LogP contribution in [0.3, 0.4) is 0 Å². The van der Waals surface area contributed by atoms with E-state index in [1.54, 1.807) is 6.20 Å². The molecule has 0 aliphatic rings. The maximum Gasteiger partial charge on any atom is 0.219 e. The number of anilines is 1. The highest BCUT2D eigenvalue weighted by Crippen LogP contribution is 2.24. The first-order valence-corrected chi connectivity index (χ1v) is 8.08. The minimum absolute atomic E-state index is 0.00867. The average molecular weight is 322 g/mol. The Morgan fingerprint density at radius 1 is 1.04 bits per heavy atom. The van der Waals surface area contributed by atoms with Crippen LogP contribution in [0.5, 0.6) is 11.6 Å². The Kier molecular flexibility index (Phi) is 4.62. The number of rotatable bonds is 5. The lowest BCUT2D eigenvalue weighted by atomic mass is 10.1. The molecule has 0 saturated heterocycles. The molecular formula is C19H22N4O. The molecule has 0 fully saturated rings. The summed E-state index contributed by atoms with van der Waals surface area (Å²) >= 11 is 0. The van der Waals surface area contributed by atoms with Gasteiger partial charge < -0.3 is 15.8 Å². The quantitative estimate of drug-likeness (QED) is 0.734. The van der Waals surface area contributed by atoms with Crippen molar-refractivity contribution in [3.05, 3.63) is 54.2 Å². The normalized spacial score (nSPS) is 12.4. The van der Waals surface area contributed by atoms with Gasteiger partial charge >= 0.3 is 0 Å². The van der Waals surface area contributed by atoms with E-state index < -0.39 is 0 Å². The van der Waals surface area contributed by atoms with Gasteiger partial charge in [-0.3, -0.25) is 0 Å². The van der Waals surface area contributed by atoms with Crippen LogP contribution < -0.4 is 15.8 Å². The van der Waals surface area contributed by atoms with E-state index in [0.29, 0.717) is 17.7 Å². The molecule has 124 valence electrons. The molecule has 3 rings (SSSR count). The van der Waals surface area contributed by atoms with Crippen LogP contribution in [0.15, 0.2) is 48.7 Å². The molecule has 3 N–H and O–H groups in total. The number of hydrogen-bond donors (Lipinski definition) is 2. The van der Waals surface area contributed by atoms with Crippen LogP contribution >= 0.6 is 0 Å². The largest absolute Gasteiger partial charge is 0.437 e. The SMILES string of the molecule is CC(C)Nc1ccc(Oc2ccc3cc(C(C)N)ccc3n2)cn1. The first kappa shape index (κ1) is 16.2. The maximum atomic E-state index is 5.92. The van der Waals surface area contributed by atoms with Gasteiger partial charge in [-0.05, 0) is 56.7 Å². The van der Waals surface area contributed by atoms with Crippen molar-refractivity contribution < 1.29 is 4.74 Å². The molecule has 2 heterocycles. The van der Waals surface area contributed by atoms with Gasteiger partial charge in [0.05, 0.1) is 11.7 Å². The summed E-state index contributed by atoms with van der Waals surface area (Å²) in [4.78, 5) is 8.87. The van der Waals surface area contributed by atoms with Crippen LogP contribution in [0.1, 0.15) is 32.4 Å². The van der Waals surface area contributed by atoms with Gasteiger partial charge in [-0.2, -0.15) is 0 Å². The Bertz CT molecular complexity index is 828. The van der Waals surface area contributed by atoms with Crippen LogP contribution in [0.25, 0.3) is 10.9 Å². The van der Waals surface area contributed by atoms with Crippen molar-refractivity contribution in [2.45, 2.75) is 32.9 Å². The van der Waals surface area contributed by atoms with Crippen molar-refractivity contribution in [1.29, 1.82) is 0 Å². The minimum atomic E-state index is 0.00867. The van der Waals surface area contributed by atoms with Crippen LogP contribution in [-0.4, -0.2) is 16.0 Å². The Hall–Kier alpha value is -2.66. The number of nitrogens with two attached hydrogens (primary N) is 1. The van der Waals surface area contributed by atoms with Gasteiger partial charge in [0.1, 0.15) is 11.6 Å². The van der Waals surface area contributed by atoms with Gasteiger partial charge in [0, 0.05) is 23.5 Å². The molecule has 3 aromatic rings. The number of nitrogens with one attached hydrogen (secondary N) is 1. The van der Waals surface area contributed by atoms with E-state index in [9.17, 15) is 0 Å². The number of ether oxygens (including phenoxy) is 1. The Labute approximate surface area is 141 Å². The van der Waals surface area contributed by atoms with Crippen molar-refractivity contribution in [3.63, 3.8) is 0 Å². The van der Waals surface area contributed by atoms with E-state index in [1.807, 2.05) is 43.3 Å². The molecule has 1 unspecified atom stereocenters. The highest BCUT2D eigenvalue weighted by molar-refractivity contribution is 5.80. The molecule has 0 radical (unpaired) electrons. The molecule has 0 saturated carbocycles. The summed E-state index contributed by atoms with van der Waals surface area (Å²) in [5.74, 6) is 2.03. The zero-order valence-corrected chi connectivity index (χ0v) is 14.2. The lowest BCUT2D eigenvalue weighted by Gasteiger charge is -2.10. The molecular weight excluding hydrogens is 300 g/mol. The molecule has 24 heavy (non-hydrogen) atoms. The molecule has 5 nitrogen and oxygen atoms in total. The molecule has 0 aliphatic heterocycles. The van der Waals surface area contributed by atoms with Crippen LogP contribution in [0.2, 0.25) is 0 Å². The number of pyridine rings is 2. The summed E-state index contributed by atoms with van der Waals surface area (Å²) in [7, 11) is 0. The van der Waals surface area contributed by atoms with Gasteiger partial charge in [-0.1, -0.05) is 6.07 Å². The summed E-state index contributed by atoms with van der Waals surface area (Å²) in [6.07, 6.45) is 1.69. The third kappa shape index (κ3) is 3.81. The lowest BCUT2D eigenvalue weighted by Crippen LogP contribution is -2.10. The summed E-state index contributed by atoms with van der Waals surface area (Å²) in [6.45, 7) is 6.11. The lowest BCUT2D eigenvalue weighted by molar-refractivity contribution is 0.463. The van der Waals surface area contributed by atoms with Gasteiger partial charge in [0.15, 0.2) is 0 Å². The summed E-state index contributed by atoms with van der Waals surface area (Å²) in [5.41, 5.74) is 7.89. The van der Waals surface area contributed by atoms with Crippen molar-refractivity contribution in [2.75, 3.05) is 5.32 Å². The molecule has 0 amide bonds. The molecule has 0 bridgehead atoms. The van der Waals surface area contributed by atoms with E-state index in [2.05, 4.69) is 35.2 Å². The second kappa shape index (κ2) is 6.84. The first-order valence-electron chi connectivity index (χ1n) is 8.08. The maximum absolute atomic E-state index is 5.92. The third-order valence-electron chi connectivity index (χ3n) is 3.61. The van der Waals surface area contributed by atoms with Crippen molar-refractivity contribution in [1.82, 2.24) is 9.97 Å². The molecule has 2 aromatic heterocycles. The Balaban J connectivity index is 1.78. The fourth-order valence-corrected chi connectivity index (χ4v) is 2.41. The number of fused-ring (bicyclic) bond motifs is 1. The minimum Gasteiger partial charge on any atom is -0.437 e. The summed E-state index contributed by atoms with van der Waals surface area (Å²) < 4.78 is 5.80. The predicted octanol–water partition coefficient (Wildman–Crippen LogP) is 4.26. The van der Waals surface area contributed by atoms with Crippen LogP contribution in [0, 0.1) is 0 Å². The topological polar surface area (TPSA) is 73.1 Å². The number of aromatic nitrogens is 2. The zero-order chi connectivity index (χ0) is 17.1. The third-order valence-corrected chi connectivity index (χ3v) is 3.61. The van der Waals surface area contributed by atoms with E-state index in [0.717, 1.165) is 22.3 Å². The first-order chi connectivity index (χ1) is 11.5. The highest BCUT2D eigenvalue weighted by Gasteiger charge is 2.05. The van der Waals surface area contributed by atoms with E-state index in [1.165, 1.54) is 0 Å². The molecule has 0 spiro atoms. The molecule has 5 heteroatoms. The number of nitrogens with zero attached hydrogens (tertiary/aromatic N) is 2. The van der Waals surface area contributed by atoms with E-state index in [4.69, 9.17) is 10.5 Å². The van der Waals surface area contributed by atoms with Gasteiger partial charge in [-0.15, -0.1) is 0 Å². The second-order valence-electron chi connectivity index (χ2n) is 6.17. The molecule has 1 aromatic carbocycles. The van der Waals surface area contributed by atoms with Crippen molar-refractivity contribution in [3.8, 4) is 11.6 Å². The van der Waals surface area contributed by atoms with Gasteiger partial charge in [0.25, 0.3) is 0 Å². The Morgan fingerprint density at radius 2 is 1.88 bits per heavy atom. The number of benzene rings is 1. The van der Waals surface area contributed by atoms with Crippen LogP contribution in [-0.2, 0) is 0 Å². The average Bonchev–Trinajstić information content (AvgIpc) is 2.55. The zero-order valence-electron chi connectivity index (χ0n) is 14.2. The molecule has 0 aliphatic carbocycles. The number of hydrogen-bond acceptors (Lipinski definition) is 5. The summed E-state index contributed by atoms with van der Waals surface area (Å²) in [5, 5.41) is 4.29. The van der Waals surface area contributed by atoms with Gasteiger partial charge in [-0.25, -0.2) is 9.97 Å². The Morgan fingerprint density at radius 3 is 2.54 bits per heavy atom. The fourth-order valence-electron chi connectivity index (χ4n) is 2.41. The monoisotopic (exact) mass is 322 g/mol. The molecule has 1 atom stereocenters. The van der Waals surface area contributed by atoms with E-state index >= 15 is 0 Å². The standard InChI is InChI=1S/C19H22N4O/c1-12(2)22-18-8-6-16(11-21-18)24-19-9-5-15-10-14(13(3)20)4-7-17(15)23-19/h4-13H,20H2,1-3H3,(H,21,22). The van der Waals surface area contributed by atoms with Gasteiger partial charge in [0.2, 0.25) is 5.88 Å². The fraction of sp³-hybridized carbons (Fsp3) is 0.263. The van der Waals surface area contributed by atoms with E-state index in [-0.39, 0.29) is 6.04 Å². The van der Waals surface area contributed by atoms with Crippen molar-refractivity contribution >= 4 is 16.7 Å². The van der Waals surface area contributed by atoms with Crippen LogP contribution in [0.4, 0.5) is 5.82 Å². The smallest absolute Gasteiger partial charge is 0.219 e. The predicted molar refractivity (Wildman–Crippen MR) is 97.4 cm³/mol. The summed E-state index contributed by atoms with van der Waals surface area (Å²) in [6, 6.07) is 14.0. The second-order valence-corrected chi connectivity index (χ2v) is 6.17. The highest BCUT2D eigenvalue weighted by atomic mass is 16.5.